The monoisotopic (exact) mass is 240 g/mol. The van der Waals surface area contributed by atoms with Crippen LogP contribution in [0.3, 0.4) is 0 Å². The van der Waals surface area contributed by atoms with Crippen molar-refractivity contribution in [1.82, 2.24) is 4.98 Å². The van der Waals surface area contributed by atoms with Crippen molar-refractivity contribution in [2.45, 2.75) is 6.92 Å². The van der Waals surface area contributed by atoms with E-state index in [1.807, 2.05) is 24.3 Å². The van der Waals surface area contributed by atoms with Gasteiger partial charge in [-0.25, -0.2) is 4.79 Å². The van der Waals surface area contributed by atoms with Crippen molar-refractivity contribution in [2.75, 3.05) is 6.61 Å². The van der Waals surface area contributed by atoms with Crippen LogP contribution in [0.25, 0.3) is 17.0 Å². The van der Waals surface area contributed by atoms with Crippen molar-refractivity contribution in [2.24, 2.45) is 0 Å². The fraction of sp³-hybridized carbons (Fsp3) is 0.143. The third-order valence-electron chi connectivity index (χ3n) is 2.49. The molecule has 1 N–H and O–H groups in total. The number of nitrogens with zero attached hydrogens (tertiary/aromatic N) is 1. The van der Waals surface area contributed by atoms with Crippen LogP contribution in [-0.2, 0) is 4.74 Å². The van der Waals surface area contributed by atoms with Gasteiger partial charge in [0.05, 0.1) is 12.7 Å². The SMILES string of the molecule is CCOC(=O)c1cc2ccc(C=CC#N)cc2[nH]1. The average molecular weight is 240 g/mol. The Morgan fingerprint density at radius 1 is 1.50 bits per heavy atom. The summed E-state index contributed by atoms with van der Waals surface area (Å²) in [6.45, 7) is 2.12. The predicted octanol–water partition coefficient (Wildman–Crippen LogP) is 2.88. The topological polar surface area (TPSA) is 65.9 Å². The van der Waals surface area contributed by atoms with Crippen molar-refractivity contribution in [3.63, 3.8) is 0 Å². The van der Waals surface area contributed by atoms with E-state index in [4.69, 9.17) is 10.00 Å². The molecule has 0 aliphatic carbocycles. The summed E-state index contributed by atoms with van der Waals surface area (Å²) in [5.41, 5.74) is 2.19. The zero-order chi connectivity index (χ0) is 13.0. The number of carbonyl (C=O) groups is 1. The number of aromatic nitrogens is 1. The van der Waals surface area contributed by atoms with Gasteiger partial charge in [0.15, 0.2) is 0 Å². The zero-order valence-corrected chi connectivity index (χ0v) is 9.93. The van der Waals surface area contributed by atoms with Gasteiger partial charge in [0.25, 0.3) is 0 Å². The van der Waals surface area contributed by atoms with Crippen LogP contribution in [0.2, 0.25) is 0 Å². The maximum Gasteiger partial charge on any atom is 0.354 e. The van der Waals surface area contributed by atoms with Crippen LogP contribution in [0.4, 0.5) is 0 Å². The summed E-state index contributed by atoms with van der Waals surface area (Å²) in [6.07, 6.45) is 3.13. The van der Waals surface area contributed by atoms with E-state index >= 15 is 0 Å². The Balaban J connectivity index is 2.37. The molecular weight excluding hydrogens is 228 g/mol. The second-order valence-electron chi connectivity index (χ2n) is 3.71. The highest BCUT2D eigenvalue weighted by atomic mass is 16.5. The minimum Gasteiger partial charge on any atom is -0.461 e. The van der Waals surface area contributed by atoms with Crippen molar-refractivity contribution >= 4 is 22.9 Å². The lowest BCUT2D eigenvalue weighted by atomic mass is 10.1. The smallest absolute Gasteiger partial charge is 0.354 e. The first-order chi connectivity index (χ1) is 8.74. The quantitative estimate of drug-likeness (QED) is 0.662. The second-order valence-corrected chi connectivity index (χ2v) is 3.71. The molecule has 18 heavy (non-hydrogen) atoms. The van der Waals surface area contributed by atoms with Crippen molar-refractivity contribution in [1.29, 1.82) is 5.26 Å². The van der Waals surface area contributed by atoms with E-state index in [1.54, 1.807) is 19.1 Å². The molecule has 2 aromatic rings. The third kappa shape index (κ3) is 2.41. The van der Waals surface area contributed by atoms with Gasteiger partial charge in [-0.15, -0.1) is 0 Å². The summed E-state index contributed by atoms with van der Waals surface area (Å²) in [6, 6.07) is 9.36. The van der Waals surface area contributed by atoms with Gasteiger partial charge in [0.2, 0.25) is 0 Å². The molecule has 1 heterocycles. The van der Waals surface area contributed by atoms with E-state index < -0.39 is 0 Å². The van der Waals surface area contributed by atoms with Crippen molar-refractivity contribution in [3.8, 4) is 6.07 Å². The molecule has 2 rings (SSSR count). The van der Waals surface area contributed by atoms with Gasteiger partial charge in [-0.2, -0.15) is 5.26 Å². The highest BCUT2D eigenvalue weighted by Crippen LogP contribution is 2.18. The number of benzene rings is 1. The Morgan fingerprint density at radius 2 is 2.33 bits per heavy atom. The molecule has 0 aliphatic heterocycles. The summed E-state index contributed by atoms with van der Waals surface area (Å²) in [7, 11) is 0. The maximum atomic E-state index is 11.6. The number of hydrogen-bond donors (Lipinski definition) is 1. The van der Waals surface area contributed by atoms with Crippen LogP contribution < -0.4 is 0 Å². The number of fused-ring (bicyclic) bond motifs is 1. The van der Waals surface area contributed by atoms with Gasteiger partial charge in [-0.05, 0) is 30.7 Å². The van der Waals surface area contributed by atoms with Gasteiger partial charge in [0, 0.05) is 17.0 Å². The fourth-order valence-corrected chi connectivity index (χ4v) is 1.70. The van der Waals surface area contributed by atoms with E-state index in [0.717, 1.165) is 16.5 Å². The van der Waals surface area contributed by atoms with E-state index in [-0.39, 0.29) is 5.97 Å². The number of rotatable bonds is 3. The summed E-state index contributed by atoms with van der Waals surface area (Å²) in [5.74, 6) is -0.359. The van der Waals surface area contributed by atoms with E-state index in [9.17, 15) is 4.79 Å². The number of aromatic amines is 1. The first-order valence-electron chi connectivity index (χ1n) is 5.60. The second kappa shape index (κ2) is 5.19. The highest BCUT2D eigenvalue weighted by molar-refractivity contribution is 5.95. The van der Waals surface area contributed by atoms with Crippen LogP contribution in [-0.4, -0.2) is 17.6 Å². The number of H-pyrrole nitrogens is 1. The van der Waals surface area contributed by atoms with E-state index in [0.29, 0.717) is 12.3 Å². The summed E-state index contributed by atoms with van der Waals surface area (Å²) >= 11 is 0. The van der Waals surface area contributed by atoms with Gasteiger partial charge in [-0.3, -0.25) is 0 Å². The molecule has 0 atom stereocenters. The first kappa shape index (κ1) is 11.9. The Bertz CT molecular complexity index is 647. The predicted molar refractivity (Wildman–Crippen MR) is 68.9 cm³/mol. The first-order valence-corrected chi connectivity index (χ1v) is 5.60. The van der Waals surface area contributed by atoms with Crippen LogP contribution >= 0.6 is 0 Å². The molecule has 0 saturated heterocycles. The van der Waals surface area contributed by atoms with Crippen LogP contribution in [0.1, 0.15) is 23.0 Å². The Morgan fingerprint density at radius 3 is 3.06 bits per heavy atom. The lowest BCUT2D eigenvalue weighted by Crippen LogP contribution is -2.04. The minimum atomic E-state index is -0.359. The molecule has 0 radical (unpaired) electrons. The number of allylic oxidation sites excluding steroid dienone is 1. The van der Waals surface area contributed by atoms with Crippen molar-refractivity contribution < 1.29 is 9.53 Å². The van der Waals surface area contributed by atoms with Crippen LogP contribution in [0.5, 0.6) is 0 Å². The molecule has 0 amide bonds. The number of nitrogens with one attached hydrogen (secondary N) is 1. The molecule has 1 aromatic carbocycles. The number of hydrogen-bond acceptors (Lipinski definition) is 3. The standard InChI is InChI=1S/C14H12N2O2/c1-2-18-14(17)13-9-11-6-5-10(4-3-7-15)8-12(11)16-13/h3-6,8-9,16H,2H2,1H3. The van der Waals surface area contributed by atoms with E-state index in [1.165, 1.54) is 6.08 Å². The van der Waals surface area contributed by atoms with E-state index in [2.05, 4.69) is 4.98 Å². The van der Waals surface area contributed by atoms with Gasteiger partial charge < -0.3 is 9.72 Å². The molecule has 0 bridgehead atoms. The summed E-state index contributed by atoms with van der Waals surface area (Å²) in [5, 5.41) is 9.41. The molecule has 0 fully saturated rings. The molecule has 90 valence electrons. The maximum absolute atomic E-state index is 11.6. The minimum absolute atomic E-state index is 0.352. The summed E-state index contributed by atoms with van der Waals surface area (Å²) in [4.78, 5) is 14.6. The van der Waals surface area contributed by atoms with Crippen molar-refractivity contribution in [3.05, 3.63) is 41.6 Å². The number of ether oxygens (including phenoxy) is 1. The highest BCUT2D eigenvalue weighted by Gasteiger charge is 2.09. The largest absolute Gasteiger partial charge is 0.461 e. The Kier molecular flexibility index (Phi) is 3.44. The number of carbonyl (C=O) groups excluding carboxylic acids is 1. The molecule has 0 spiro atoms. The number of nitriles is 1. The molecule has 0 saturated carbocycles. The van der Waals surface area contributed by atoms with Gasteiger partial charge >= 0.3 is 5.97 Å². The fourth-order valence-electron chi connectivity index (χ4n) is 1.70. The molecular formula is C14H12N2O2. The third-order valence-corrected chi connectivity index (χ3v) is 2.49. The molecule has 0 unspecified atom stereocenters. The lowest BCUT2D eigenvalue weighted by Gasteiger charge is -1.96. The Hall–Kier alpha value is -2.54. The van der Waals surface area contributed by atoms with Crippen LogP contribution in [0.15, 0.2) is 30.3 Å². The average Bonchev–Trinajstić information content (AvgIpc) is 2.79. The zero-order valence-electron chi connectivity index (χ0n) is 9.93. The molecule has 0 aliphatic rings. The molecule has 4 heteroatoms. The molecule has 4 nitrogen and oxygen atoms in total. The number of esters is 1. The lowest BCUT2D eigenvalue weighted by molar-refractivity contribution is 0.0520. The molecule has 1 aromatic heterocycles. The van der Waals surface area contributed by atoms with Crippen LogP contribution in [0, 0.1) is 11.3 Å². The normalized spacial score (nSPS) is 10.7. The van der Waals surface area contributed by atoms with Gasteiger partial charge in [-0.1, -0.05) is 12.1 Å². The Labute approximate surface area is 104 Å². The summed E-state index contributed by atoms with van der Waals surface area (Å²) < 4.78 is 4.93. The van der Waals surface area contributed by atoms with Gasteiger partial charge in [0.1, 0.15) is 5.69 Å².